The minimum Gasteiger partial charge on any atom is -0.598 e. The maximum atomic E-state index is 8.70. The summed E-state index contributed by atoms with van der Waals surface area (Å²) in [7, 11) is -24.2. The van der Waals surface area contributed by atoms with Gasteiger partial charge in [0.15, 0.2) is 0 Å². The Morgan fingerprint density at radius 2 is 0.536 bits per heavy atom. The summed E-state index contributed by atoms with van der Waals surface area (Å²) in [6, 6.07) is 0. The van der Waals surface area contributed by atoms with Gasteiger partial charge < -0.3 is 24.5 Å². The molecule has 0 aromatic carbocycles. The third kappa shape index (κ3) is 530. The van der Waals surface area contributed by atoms with Crippen molar-refractivity contribution in [3.63, 3.8) is 0 Å². The number of rotatable bonds is 16. The van der Waals surface area contributed by atoms with Gasteiger partial charge in [-0.25, -0.2) is 0 Å². The second-order valence-electron chi connectivity index (χ2n) is 8.34. The van der Waals surface area contributed by atoms with Gasteiger partial charge in [-0.15, -0.1) is 48.9 Å². The molecular weight excluding hydrogens is 1130 g/mol. The van der Waals surface area contributed by atoms with Crippen LogP contribution in [0.15, 0.2) is 0 Å². The van der Waals surface area contributed by atoms with Crippen LogP contribution in [0.1, 0.15) is 126 Å². The summed E-state index contributed by atoms with van der Waals surface area (Å²) in [5.41, 5.74) is 0. The first-order valence-electron chi connectivity index (χ1n) is 14.8. The van der Waals surface area contributed by atoms with Gasteiger partial charge in [0.25, 0.3) is 16.5 Å². The van der Waals surface area contributed by atoms with Crippen molar-refractivity contribution in [2.45, 2.75) is 139 Å². The van der Waals surface area contributed by atoms with Gasteiger partial charge in [-0.3, -0.25) is 0 Å². The van der Waals surface area contributed by atoms with E-state index in [2.05, 4.69) is 20.8 Å². The molecule has 24 nitrogen and oxygen atoms in total. The molecule has 0 aliphatic carbocycles. The van der Waals surface area contributed by atoms with E-state index in [0.29, 0.717) is 0 Å². The van der Waals surface area contributed by atoms with Crippen LogP contribution in [0, 0.1) is 0 Å². The summed E-state index contributed by atoms with van der Waals surface area (Å²) in [6.07, 6.45) is 20.6. The zero-order chi connectivity index (χ0) is 45.3. The SMILES string of the molecule is C.C.CCCCCCC[CH2][Sn+2][CH2]CCCCCCC.CCC[CH2][Sn+3].O=[P+](O)O.O=[P+](O)O.O=[P+](O)O.O=[P+](O)O.O=[P+](O)O.O=[P+]([O-])O.O=[P+]([O-])[O-].O=[P+]([O-])[O-]. The Morgan fingerprint density at radius 1 is 0.393 bits per heavy atom. The molecule has 0 heterocycles. The van der Waals surface area contributed by atoms with Crippen molar-refractivity contribution < 1.29 is 115 Å². The molecule has 0 aliphatic heterocycles. The van der Waals surface area contributed by atoms with E-state index in [9.17, 15) is 0 Å². The Bertz CT molecular complexity index is 665. The smallest absolute Gasteiger partial charge is 0.598 e. The molecule has 0 amide bonds. The molecule has 56 heavy (non-hydrogen) atoms. The second-order valence-corrected chi connectivity index (χ2v) is 17.9. The van der Waals surface area contributed by atoms with Crippen molar-refractivity contribution in [2.75, 3.05) is 0 Å². The third-order valence-electron chi connectivity index (χ3n) is 3.94. The van der Waals surface area contributed by atoms with Crippen LogP contribution in [0.2, 0.25) is 13.3 Å². The largest absolute Gasteiger partial charge is 0.692 e. The summed E-state index contributed by atoms with van der Waals surface area (Å²) in [5.74, 6) is 0. The summed E-state index contributed by atoms with van der Waals surface area (Å²) in [5, 5.41) is 0. The first-order chi connectivity index (χ1) is 24.7. The molecule has 0 bridgehead atoms. The van der Waals surface area contributed by atoms with Crippen LogP contribution in [0.3, 0.4) is 0 Å². The fourth-order valence-corrected chi connectivity index (χ4v) is 6.94. The Balaban J connectivity index is -0.0000000418. The van der Waals surface area contributed by atoms with Crippen LogP contribution >= 0.6 is 66.0 Å². The zero-order valence-corrected chi connectivity index (χ0v) is 42.7. The molecule has 0 saturated heterocycles. The predicted molar refractivity (Wildman–Crippen MR) is 206 cm³/mol. The predicted octanol–water partition coefficient (Wildman–Crippen LogP) is 2.76. The first kappa shape index (κ1) is 88.9. The summed E-state index contributed by atoms with van der Waals surface area (Å²) in [4.78, 5) is 121. The van der Waals surface area contributed by atoms with Crippen LogP contribution < -0.4 is 24.5 Å². The third-order valence-corrected chi connectivity index (χ3v) is 8.99. The molecule has 334 valence electrons. The van der Waals surface area contributed by atoms with Crippen molar-refractivity contribution in [3.8, 4) is 0 Å². The first-order valence-corrected chi connectivity index (χ1v) is 30.0. The molecule has 0 saturated carbocycles. The minimum atomic E-state index is -3.37. The molecule has 1 atom stereocenters. The monoisotopic (exact) mass is 1200 g/mol. The van der Waals surface area contributed by atoms with Gasteiger partial charge in [-0.2, -0.15) is 4.89 Å². The average Bonchev–Trinajstić information content (AvgIpc) is 2.94. The molecule has 0 rings (SSSR count). The fourth-order valence-electron chi connectivity index (χ4n) is 2.36. The quantitative estimate of drug-likeness (QED) is 0.0601. The number of hydrogen-bond acceptors (Lipinski definition) is 13. The number of hydrogen-bond donors (Lipinski definition) is 11. The van der Waals surface area contributed by atoms with E-state index in [-0.39, 0.29) is 36.0 Å². The van der Waals surface area contributed by atoms with Crippen molar-refractivity contribution in [1.29, 1.82) is 0 Å². The Hall–Kier alpha value is 1.76. The Morgan fingerprint density at radius 3 is 0.661 bits per heavy atom. The van der Waals surface area contributed by atoms with E-state index in [1.807, 2.05) is 0 Å². The van der Waals surface area contributed by atoms with E-state index in [4.69, 9.17) is 115 Å². The second kappa shape index (κ2) is 92.2. The van der Waals surface area contributed by atoms with Gasteiger partial charge in [0.05, 0.1) is 0 Å². The molecule has 34 heteroatoms. The Kier molecular flexibility index (Phi) is 146. The zero-order valence-electron chi connectivity index (χ0n) is 29.8. The number of unbranched alkanes of at least 4 members (excludes halogenated alkanes) is 11. The summed E-state index contributed by atoms with van der Waals surface area (Å²) in [6.45, 7) is 6.83. The fraction of sp³-hybridized carbons (Fsp3) is 1.00. The van der Waals surface area contributed by atoms with Gasteiger partial charge in [-0.1, -0.05) is 24.0 Å². The van der Waals surface area contributed by atoms with Crippen LogP contribution in [-0.4, -0.2) is 97.5 Å². The van der Waals surface area contributed by atoms with Gasteiger partial charge in [0.2, 0.25) is 0 Å². The molecule has 0 aromatic heterocycles. The molecule has 11 N–H and O–H groups in total. The van der Waals surface area contributed by atoms with E-state index in [0.717, 1.165) is 0 Å². The maximum Gasteiger partial charge on any atom is 0.692 e. The summed E-state index contributed by atoms with van der Waals surface area (Å²) < 4.78 is 73.8. The average molecular weight is 1200 g/mol. The van der Waals surface area contributed by atoms with Crippen molar-refractivity contribution >= 4 is 110 Å². The molecule has 0 radical (unpaired) electrons. The van der Waals surface area contributed by atoms with Crippen molar-refractivity contribution in [2.24, 2.45) is 0 Å². The molecule has 0 aromatic rings. The molecule has 0 spiro atoms. The van der Waals surface area contributed by atoms with Crippen molar-refractivity contribution in [3.05, 3.63) is 0 Å². The maximum absolute atomic E-state index is 8.70. The standard InChI is InChI=1S/2C8H17.C4H9.2CH4.8HO3P.2Sn/c2*1-3-5-7-8-6-4-2;1-3-4-2;;;8*1-4(2)3;;/h2*1,3-8H2,2H3;1,3-4H2,2H3;2*1H4;5*(H-,1,2,3);3*(H,1,2,3);;/q;;;;;;;;;;;;;+2;+3/p+3. The molecule has 0 fully saturated rings. The van der Waals surface area contributed by atoms with E-state index in [1.54, 1.807) is 44.2 Å². The van der Waals surface area contributed by atoms with Crippen LogP contribution in [-0.2, 0) is 36.5 Å². The van der Waals surface area contributed by atoms with Gasteiger partial charge >= 0.3 is 217 Å². The minimum absolute atomic E-state index is 0. The van der Waals surface area contributed by atoms with Crippen LogP contribution in [0.25, 0.3) is 0 Å². The summed E-state index contributed by atoms with van der Waals surface area (Å²) >= 11 is 1.76. The van der Waals surface area contributed by atoms with Gasteiger partial charge in [0.1, 0.15) is 0 Å². The van der Waals surface area contributed by atoms with Crippen molar-refractivity contribution in [1.82, 2.24) is 0 Å². The Labute approximate surface area is 361 Å². The van der Waals surface area contributed by atoms with E-state index >= 15 is 0 Å². The molecule has 1 unspecified atom stereocenters. The topological polar surface area (TPSA) is 474 Å². The molecular formula is C22H62O24P8Sn2+8. The van der Waals surface area contributed by atoms with Crippen LogP contribution in [0.4, 0.5) is 0 Å². The molecule has 0 aliphatic rings. The van der Waals surface area contributed by atoms with E-state index in [1.165, 1.54) is 81.5 Å². The van der Waals surface area contributed by atoms with E-state index < -0.39 is 66.0 Å². The van der Waals surface area contributed by atoms with Gasteiger partial charge in [0, 0.05) is 22.8 Å². The normalized spacial score (nSPS) is 7.98. The van der Waals surface area contributed by atoms with Crippen LogP contribution in [0.5, 0.6) is 0 Å². The van der Waals surface area contributed by atoms with Gasteiger partial charge in [-0.05, 0) is 4.57 Å².